The fourth-order valence-electron chi connectivity index (χ4n) is 4.04. The third-order valence-corrected chi connectivity index (χ3v) is 5.52. The molecular weight excluding hydrogens is 370 g/mol. The molecule has 8 heteroatoms. The second-order valence-corrected chi connectivity index (χ2v) is 7.52. The Hall–Kier alpha value is -3.42. The molecule has 2 aromatic heterocycles. The zero-order valence-corrected chi connectivity index (χ0v) is 16.9. The van der Waals surface area contributed by atoms with Crippen molar-refractivity contribution >= 4 is 11.9 Å². The topological polar surface area (TPSA) is 93.3 Å². The molecule has 0 fully saturated rings. The van der Waals surface area contributed by atoms with Crippen LogP contribution in [0.2, 0.25) is 0 Å². The molecule has 8 nitrogen and oxygen atoms in total. The summed E-state index contributed by atoms with van der Waals surface area (Å²) >= 11 is 0. The summed E-state index contributed by atoms with van der Waals surface area (Å²) < 4.78 is 3.78. The normalized spacial score (nSPS) is 16.0. The van der Waals surface area contributed by atoms with E-state index in [9.17, 15) is 14.7 Å². The predicted molar refractivity (Wildman–Crippen MR) is 106 cm³/mol. The van der Waals surface area contributed by atoms with Crippen LogP contribution in [-0.4, -0.2) is 47.3 Å². The van der Waals surface area contributed by atoms with Crippen LogP contribution in [0, 0.1) is 27.7 Å². The summed E-state index contributed by atoms with van der Waals surface area (Å²) in [6.07, 6.45) is 0. The molecule has 0 bridgehead atoms. The molecule has 1 amide bonds. The lowest BCUT2D eigenvalue weighted by molar-refractivity contribution is -0.143. The number of aliphatic carboxylic acids is 1. The minimum absolute atomic E-state index is 0.116. The highest BCUT2D eigenvalue weighted by Gasteiger charge is 2.37. The predicted octanol–water partition coefficient (Wildman–Crippen LogP) is 2.41. The number of fused-ring (bicyclic) bond motifs is 1. The van der Waals surface area contributed by atoms with Gasteiger partial charge in [0, 0.05) is 17.1 Å². The average Bonchev–Trinajstić information content (AvgIpc) is 3.19. The minimum Gasteiger partial charge on any atom is -0.480 e. The molecule has 0 radical (unpaired) electrons. The lowest BCUT2D eigenvalue weighted by atomic mass is 10.1. The highest BCUT2D eigenvalue weighted by atomic mass is 16.4. The number of carboxylic acids is 1. The Labute approximate surface area is 168 Å². The number of carbonyl (C=O) groups is 2. The minimum atomic E-state index is -1.04. The Balaban J connectivity index is 1.74. The highest BCUT2D eigenvalue weighted by molar-refractivity contribution is 5.98. The molecule has 0 aliphatic carbocycles. The monoisotopic (exact) mass is 393 g/mol. The zero-order chi connectivity index (χ0) is 20.9. The lowest BCUT2D eigenvalue weighted by Crippen LogP contribution is -2.50. The standard InChI is InChI=1S/C21H23N5O3/c1-12-6-5-7-16(8-12)26-13(2)9-17(14(26)3)20(27)25-11-19-23-22-15(4)24(19)10-18(25)21(28)29/h5-9,18H,10-11H2,1-4H3,(H,28,29). The summed E-state index contributed by atoms with van der Waals surface area (Å²) in [5, 5.41) is 17.9. The van der Waals surface area contributed by atoms with E-state index in [0.717, 1.165) is 22.6 Å². The smallest absolute Gasteiger partial charge is 0.328 e. The van der Waals surface area contributed by atoms with Crippen molar-refractivity contribution in [3.05, 3.63) is 64.5 Å². The molecule has 150 valence electrons. The van der Waals surface area contributed by atoms with E-state index >= 15 is 0 Å². The molecule has 4 rings (SSSR count). The SMILES string of the molecule is Cc1cccc(-n2c(C)cc(C(=O)N3Cc4nnc(C)n4CC3C(=O)O)c2C)c1. The number of carbonyl (C=O) groups excluding carboxylic acids is 1. The van der Waals surface area contributed by atoms with Crippen molar-refractivity contribution in [1.82, 2.24) is 24.2 Å². The molecule has 3 heterocycles. The van der Waals surface area contributed by atoms with Gasteiger partial charge in [0.15, 0.2) is 5.82 Å². The molecule has 1 aliphatic rings. The molecule has 1 aromatic carbocycles. The van der Waals surface area contributed by atoms with Crippen molar-refractivity contribution in [3.63, 3.8) is 0 Å². The maximum absolute atomic E-state index is 13.4. The van der Waals surface area contributed by atoms with Gasteiger partial charge in [-0.15, -0.1) is 10.2 Å². The first-order valence-electron chi connectivity index (χ1n) is 9.46. The van der Waals surface area contributed by atoms with E-state index in [2.05, 4.69) is 16.3 Å². The molecule has 1 atom stereocenters. The van der Waals surface area contributed by atoms with Crippen LogP contribution in [-0.2, 0) is 17.9 Å². The number of hydrogen-bond acceptors (Lipinski definition) is 4. The molecule has 29 heavy (non-hydrogen) atoms. The maximum atomic E-state index is 13.4. The number of amides is 1. The summed E-state index contributed by atoms with van der Waals surface area (Å²) in [7, 11) is 0. The first-order chi connectivity index (χ1) is 13.8. The molecule has 1 unspecified atom stereocenters. The first-order valence-corrected chi connectivity index (χ1v) is 9.46. The van der Waals surface area contributed by atoms with Crippen LogP contribution < -0.4 is 0 Å². The van der Waals surface area contributed by atoms with Gasteiger partial charge in [0.1, 0.15) is 11.9 Å². The van der Waals surface area contributed by atoms with Crippen molar-refractivity contribution in [2.24, 2.45) is 0 Å². The second-order valence-electron chi connectivity index (χ2n) is 7.52. The van der Waals surface area contributed by atoms with Gasteiger partial charge < -0.3 is 19.1 Å². The molecule has 3 aromatic rings. The van der Waals surface area contributed by atoms with Crippen molar-refractivity contribution in [2.75, 3.05) is 0 Å². The van der Waals surface area contributed by atoms with Gasteiger partial charge in [0.2, 0.25) is 0 Å². The molecule has 0 saturated carbocycles. The van der Waals surface area contributed by atoms with Gasteiger partial charge in [-0.3, -0.25) is 4.79 Å². The van der Waals surface area contributed by atoms with Crippen LogP contribution >= 0.6 is 0 Å². The fourth-order valence-corrected chi connectivity index (χ4v) is 4.04. The quantitative estimate of drug-likeness (QED) is 0.738. The Kier molecular flexibility index (Phi) is 4.49. The van der Waals surface area contributed by atoms with Gasteiger partial charge in [-0.05, 0) is 51.5 Å². The van der Waals surface area contributed by atoms with Crippen molar-refractivity contribution in [1.29, 1.82) is 0 Å². The van der Waals surface area contributed by atoms with Gasteiger partial charge >= 0.3 is 5.97 Å². The lowest BCUT2D eigenvalue weighted by Gasteiger charge is -2.33. The van der Waals surface area contributed by atoms with Gasteiger partial charge in [0.05, 0.1) is 18.7 Å². The Morgan fingerprint density at radius 3 is 2.55 bits per heavy atom. The van der Waals surface area contributed by atoms with Crippen LogP contribution in [0.1, 0.15) is 39.0 Å². The number of aromatic nitrogens is 4. The molecule has 0 saturated heterocycles. The largest absolute Gasteiger partial charge is 0.480 e. The number of rotatable bonds is 3. The summed E-state index contributed by atoms with van der Waals surface area (Å²) in [5.41, 5.74) is 4.30. The fraction of sp³-hybridized carbons (Fsp3) is 0.333. The van der Waals surface area contributed by atoms with Crippen LogP contribution in [0.3, 0.4) is 0 Å². The summed E-state index contributed by atoms with van der Waals surface area (Å²) in [4.78, 5) is 26.7. The average molecular weight is 393 g/mol. The van der Waals surface area contributed by atoms with Crippen LogP contribution in [0.5, 0.6) is 0 Å². The first kappa shape index (κ1) is 18.9. The van der Waals surface area contributed by atoms with Gasteiger partial charge in [-0.1, -0.05) is 12.1 Å². The molecule has 1 N–H and O–H groups in total. The number of hydrogen-bond donors (Lipinski definition) is 1. The van der Waals surface area contributed by atoms with Gasteiger partial charge in [-0.25, -0.2) is 4.79 Å². The van der Waals surface area contributed by atoms with E-state index in [4.69, 9.17) is 0 Å². The zero-order valence-electron chi connectivity index (χ0n) is 16.9. The summed E-state index contributed by atoms with van der Waals surface area (Å²) in [6.45, 7) is 7.89. The van der Waals surface area contributed by atoms with Gasteiger partial charge in [-0.2, -0.15) is 0 Å². The Morgan fingerprint density at radius 1 is 1.10 bits per heavy atom. The highest BCUT2D eigenvalue weighted by Crippen LogP contribution is 2.26. The van der Waals surface area contributed by atoms with Crippen molar-refractivity contribution in [3.8, 4) is 5.69 Å². The van der Waals surface area contributed by atoms with Crippen LogP contribution in [0.15, 0.2) is 30.3 Å². The van der Waals surface area contributed by atoms with E-state index in [0.29, 0.717) is 17.2 Å². The van der Waals surface area contributed by atoms with E-state index < -0.39 is 12.0 Å². The number of aryl methyl sites for hydroxylation is 3. The van der Waals surface area contributed by atoms with Crippen LogP contribution in [0.4, 0.5) is 0 Å². The van der Waals surface area contributed by atoms with Crippen molar-refractivity contribution < 1.29 is 14.7 Å². The second kappa shape index (κ2) is 6.88. The third kappa shape index (κ3) is 3.10. The van der Waals surface area contributed by atoms with E-state index in [1.54, 1.807) is 11.5 Å². The molecular formula is C21H23N5O3. The van der Waals surface area contributed by atoms with E-state index in [1.165, 1.54) is 4.90 Å². The van der Waals surface area contributed by atoms with Gasteiger partial charge in [0.25, 0.3) is 5.91 Å². The number of benzene rings is 1. The number of nitrogens with zero attached hydrogens (tertiary/aromatic N) is 5. The summed E-state index contributed by atoms with van der Waals surface area (Å²) in [5.74, 6) is -0.0993. The van der Waals surface area contributed by atoms with Crippen LogP contribution in [0.25, 0.3) is 5.69 Å². The Morgan fingerprint density at radius 2 is 1.86 bits per heavy atom. The van der Waals surface area contributed by atoms with E-state index in [1.807, 2.05) is 49.6 Å². The van der Waals surface area contributed by atoms with Crippen molar-refractivity contribution in [2.45, 2.75) is 46.8 Å². The maximum Gasteiger partial charge on any atom is 0.328 e. The molecule has 0 spiro atoms. The van der Waals surface area contributed by atoms with E-state index in [-0.39, 0.29) is 19.0 Å². The summed E-state index contributed by atoms with van der Waals surface area (Å²) in [6, 6.07) is 8.90. The Bertz CT molecular complexity index is 1130. The molecule has 1 aliphatic heterocycles. The third-order valence-electron chi connectivity index (χ3n) is 5.52. The number of carboxylic acid groups (broad SMARTS) is 1.